The minimum Gasteiger partial charge on any atom is -0.462 e. The zero-order valence-corrected chi connectivity index (χ0v) is 15.4. The number of carbonyl (C=O) groups excluding carboxylic acids is 2. The molecule has 2 N–H and O–H groups in total. The summed E-state index contributed by atoms with van der Waals surface area (Å²) in [6.45, 7) is 2.06. The molecule has 6 nitrogen and oxygen atoms in total. The van der Waals surface area contributed by atoms with Crippen molar-refractivity contribution in [2.24, 2.45) is 0 Å². The van der Waals surface area contributed by atoms with Crippen molar-refractivity contribution in [1.29, 1.82) is 0 Å². The van der Waals surface area contributed by atoms with Gasteiger partial charge in [-0.25, -0.2) is 4.79 Å². The van der Waals surface area contributed by atoms with Gasteiger partial charge in [-0.3, -0.25) is 9.78 Å². The highest BCUT2D eigenvalue weighted by atomic mass is 16.5. The lowest BCUT2D eigenvalue weighted by atomic mass is 9.93. The molecule has 1 aromatic heterocycles. The highest BCUT2D eigenvalue weighted by molar-refractivity contribution is 5.96. The van der Waals surface area contributed by atoms with Crippen molar-refractivity contribution in [2.75, 3.05) is 6.61 Å². The number of nitrogens with zero attached hydrogens (tertiary/aromatic N) is 1. The molecule has 27 heavy (non-hydrogen) atoms. The first-order valence-corrected chi connectivity index (χ1v) is 9.28. The standard InChI is InChI=1S/C21H24N2O4/c1-2-27-21(26)17-11-16(12-22-13-17)14-4-3-5-15(10-14)20(25)23-18-6-8-19(24)9-7-18/h3-5,10-13,18-19,24H,2,6-9H2,1H3,(H,23,25). The number of hydrogen-bond acceptors (Lipinski definition) is 5. The fourth-order valence-electron chi connectivity index (χ4n) is 3.25. The molecule has 1 heterocycles. The largest absolute Gasteiger partial charge is 0.462 e. The Morgan fingerprint density at radius 1 is 1.11 bits per heavy atom. The van der Waals surface area contributed by atoms with Crippen molar-refractivity contribution >= 4 is 11.9 Å². The summed E-state index contributed by atoms with van der Waals surface area (Å²) in [4.78, 5) is 28.6. The van der Waals surface area contributed by atoms with Crippen LogP contribution < -0.4 is 5.32 Å². The Bertz CT molecular complexity index is 813. The first-order chi connectivity index (χ1) is 13.1. The molecule has 1 aliphatic rings. The van der Waals surface area contributed by atoms with Gasteiger partial charge in [0.15, 0.2) is 0 Å². The van der Waals surface area contributed by atoms with Gasteiger partial charge in [-0.15, -0.1) is 0 Å². The zero-order chi connectivity index (χ0) is 19.2. The summed E-state index contributed by atoms with van der Waals surface area (Å²) in [5.74, 6) is -0.548. The van der Waals surface area contributed by atoms with Gasteiger partial charge in [0.25, 0.3) is 5.91 Å². The van der Waals surface area contributed by atoms with Crippen molar-refractivity contribution in [1.82, 2.24) is 10.3 Å². The zero-order valence-electron chi connectivity index (χ0n) is 15.4. The summed E-state index contributed by atoms with van der Waals surface area (Å²) < 4.78 is 5.01. The van der Waals surface area contributed by atoms with Gasteiger partial charge in [-0.1, -0.05) is 12.1 Å². The molecule has 1 aromatic carbocycles. The minimum absolute atomic E-state index is 0.0957. The number of benzene rings is 1. The molecule has 1 amide bonds. The van der Waals surface area contributed by atoms with Gasteiger partial charge < -0.3 is 15.2 Å². The average Bonchev–Trinajstić information content (AvgIpc) is 2.70. The molecule has 3 rings (SSSR count). The van der Waals surface area contributed by atoms with E-state index in [-0.39, 0.29) is 18.1 Å². The molecule has 1 saturated carbocycles. The molecule has 0 bridgehead atoms. The minimum atomic E-state index is -0.416. The van der Waals surface area contributed by atoms with Crippen molar-refractivity contribution in [3.63, 3.8) is 0 Å². The van der Waals surface area contributed by atoms with E-state index in [0.717, 1.165) is 36.8 Å². The molecule has 2 aromatic rings. The number of hydrogen-bond donors (Lipinski definition) is 2. The Hall–Kier alpha value is -2.73. The van der Waals surface area contributed by atoms with E-state index in [9.17, 15) is 14.7 Å². The number of aliphatic hydroxyl groups is 1. The maximum Gasteiger partial charge on any atom is 0.339 e. The van der Waals surface area contributed by atoms with E-state index < -0.39 is 5.97 Å². The number of ether oxygens (including phenoxy) is 1. The average molecular weight is 368 g/mol. The molecule has 1 aliphatic carbocycles. The molecule has 0 unspecified atom stereocenters. The van der Waals surface area contributed by atoms with E-state index in [1.807, 2.05) is 12.1 Å². The first-order valence-electron chi connectivity index (χ1n) is 9.28. The van der Waals surface area contributed by atoms with Crippen LogP contribution in [0.4, 0.5) is 0 Å². The lowest BCUT2D eigenvalue weighted by Crippen LogP contribution is -2.38. The van der Waals surface area contributed by atoms with Gasteiger partial charge in [0.1, 0.15) is 0 Å². The molecule has 1 fully saturated rings. The molecule has 0 atom stereocenters. The monoisotopic (exact) mass is 368 g/mol. The summed E-state index contributed by atoms with van der Waals surface area (Å²) in [5, 5.41) is 12.6. The van der Waals surface area contributed by atoms with Crippen LogP contribution in [0.5, 0.6) is 0 Å². The Balaban J connectivity index is 1.74. The van der Waals surface area contributed by atoms with Crippen molar-refractivity contribution in [3.05, 3.63) is 53.9 Å². The molecule has 0 radical (unpaired) electrons. The predicted molar refractivity (Wildman–Crippen MR) is 101 cm³/mol. The van der Waals surface area contributed by atoms with E-state index in [0.29, 0.717) is 17.7 Å². The summed E-state index contributed by atoms with van der Waals surface area (Å²) in [7, 11) is 0. The third kappa shape index (κ3) is 4.92. The summed E-state index contributed by atoms with van der Waals surface area (Å²) >= 11 is 0. The van der Waals surface area contributed by atoms with Crippen molar-refractivity contribution in [2.45, 2.75) is 44.8 Å². The fourth-order valence-corrected chi connectivity index (χ4v) is 3.25. The number of aromatic nitrogens is 1. The Kier molecular flexibility index (Phi) is 6.19. The van der Waals surface area contributed by atoms with Crippen LogP contribution in [0.2, 0.25) is 0 Å². The SMILES string of the molecule is CCOC(=O)c1cncc(-c2cccc(C(=O)NC3CCC(O)CC3)c2)c1. The number of esters is 1. The summed E-state index contributed by atoms with van der Waals surface area (Å²) in [6.07, 6.45) is 5.89. The lowest BCUT2D eigenvalue weighted by Gasteiger charge is -2.26. The maximum absolute atomic E-state index is 12.6. The Morgan fingerprint density at radius 2 is 1.85 bits per heavy atom. The quantitative estimate of drug-likeness (QED) is 0.792. The fraction of sp³-hybridized carbons (Fsp3) is 0.381. The van der Waals surface area contributed by atoms with Crippen LogP contribution in [0.1, 0.15) is 53.3 Å². The second-order valence-electron chi connectivity index (χ2n) is 6.74. The van der Waals surface area contributed by atoms with E-state index in [4.69, 9.17) is 4.74 Å². The highest BCUT2D eigenvalue weighted by Crippen LogP contribution is 2.22. The second-order valence-corrected chi connectivity index (χ2v) is 6.74. The number of carbonyl (C=O) groups is 2. The maximum atomic E-state index is 12.6. The number of rotatable bonds is 5. The van der Waals surface area contributed by atoms with E-state index in [2.05, 4.69) is 10.3 Å². The van der Waals surface area contributed by atoms with Gasteiger partial charge in [-0.2, -0.15) is 0 Å². The number of amides is 1. The molecule has 6 heteroatoms. The Morgan fingerprint density at radius 3 is 2.59 bits per heavy atom. The Labute approximate surface area is 158 Å². The van der Waals surface area contributed by atoms with Crippen LogP contribution in [-0.2, 0) is 4.74 Å². The molecule has 142 valence electrons. The highest BCUT2D eigenvalue weighted by Gasteiger charge is 2.21. The van der Waals surface area contributed by atoms with Gasteiger partial charge >= 0.3 is 5.97 Å². The molecular weight excluding hydrogens is 344 g/mol. The molecule has 0 saturated heterocycles. The van der Waals surface area contributed by atoms with Crippen LogP contribution in [0.25, 0.3) is 11.1 Å². The molecular formula is C21H24N2O4. The summed E-state index contributed by atoms with van der Waals surface area (Å²) in [6, 6.07) is 9.05. The third-order valence-corrected chi connectivity index (χ3v) is 4.74. The first kappa shape index (κ1) is 19.0. The van der Waals surface area contributed by atoms with E-state index in [1.165, 1.54) is 6.20 Å². The third-order valence-electron chi connectivity index (χ3n) is 4.74. The van der Waals surface area contributed by atoms with Crippen LogP contribution in [-0.4, -0.2) is 40.7 Å². The summed E-state index contributed by atoms with van der Waals surface area (Å²) in [5.41, 5.74) is 2.49. The number of pyridine rings is 1. The van der Waals surface area contributed by atoms with E-state index >= 15 is 0 Å². The van der Waals surface area contributed by atoms with Crippen LogP contribution in [0.15, 0.2) is 42.7 Å². The normalized spacial score (nSPS) is 19.3. The second kappa shape index (κ2) is 8.77. The van der Waals surface area contributed by atoms with Crippen LogP contribution in [0, 0.1) is 0 Å². The number of aliphatic hydroxyl groups excluding tert-OH is 1. The lowest BCUT2D eigenvalue weighted by molar-refractivity contribution is 0.0525. The molecule has 0 aliphatic heterocycles. The number of nitrogens with one attached hydrogen (secondary N) is 1. The van der Waals surface area contributed by atoms with Crippen LogP contribution >= 0.6 is 0 Å². The smallest absolute Gasteiger partial charge is 0.339 e. The topological polar surface area (TPSA) is 88.5 Å². The van der Waals surface area contributed by atoms with Gasteiger partial charge in [-0.05, 0) is 56.4 Å². The van der Waals surface area contributed by atoms with Crippen molar-refractivity contribution in [3.8, 4) is 11.1 Å². The van der Waals surface area contributed by atoms with Crippen molar-refractivity contribution < 1.29 is 19.4 Å². The van der Waals surface area contributed by atoms with Gasteiger partial charge in [0.2, 0.25) is 0 Å². The molecule has 0 spiro atoms. The van der Waals surface area contributed by atoms with Gasteiger partial charge in [0.05, 0.1) is 18.3 Å². The van der Waals surface area contributed by atoms with Crippen LogP contribution in [0.3, 0.4) is 0 Å². The predicted octanol–water partition coefficient (Wildman–Crippen LogP) is 2.96. The van der Waals surface area contributed by atoms with E-state index in [1.54, 1.807) is 31.3 Å². The van der Waals surface area contributed by atoms with Gasteiger partial charge in [0, 0.05) is 29.6 Å².